The maximum Gasteiger partial charge on any atom is 0.339 e. The number of carboxylic acid groups (broad SMARTS) is 1. The first-order valence-electron chi connectivity index (χ1n) is 6.32. The number of carboxylic acids is 1. The van der Waals surface area contributed by atoms with Crippen LogP contribution in [-0.4, -0.2) is 27.4 Å². The van der Waals surface area contributed by atoms with Gasteiger partial charge in [0.05, 0.1) is 12.1 Å². The van der Waals surface area contributed by atoms with Crippen LogP contribution in [0.25, 0.3) is 0 Å². The second-order valence-corrected chi connectivity index (χ2v) is 5.15. The van der Waals surface area contributed by atoms with E-state index < -0.39 is 18.1 Å². The van der Waals surface area contributed by atoms with Crippen LogP contribution in [0.5, 0.6) is 5.75 Å². The number of rotatable bonds is 6. The van der Waals surface area contributed by atoms with Crippen molar-refractivity contribution in [3.8, 4) is 5.75 Å². The second kappa shape index (κ2) is 8.09. The monoisotopic (exact) mass is 303 g/mol. The number of carbonyl (C=O) groups is 1. The molecule has 0 aliphatic rings. The smallest absolute Gasteiger partial charge is 0.339 e. The first-order valence-corrected chi connectivity index (χ1v) is 6.32. The summed E-state index contributed by atoms with van der Waals surface area (Å²) in [5.74, 6) is -1.06. The number of halogens is 1. The summed E-state index contributed by atoms with van der Waals surface area (Å²) in [6.45, 7) is 4.11. The third-order valence-electron chi connectivity index (χ3n) is 3.09. The van der Waals surface area contributed by atoms with Crippen LogP contribution < -0.4 is 5.73 Å². The van der Waals surface area contributed by atoms with Crippen molar-refractivity contribution in [1.82, 2.24) is 0 Å². The second-order valence-electron chi connectivity index (χ2n) is 5.15. The molecule has 0 bridgehead atoms. The molecule has 2 atom stereocenters. The third-order valence-corrected chi connectivity index (χ3v) is 3.09. The Morgan fingerprint density at radius 3 is 2.40 bits per heavy atom. The molecule has 20 heavy (non-hydrogen) atoms. The van der Waals surface area contributed by atoms with Gasteiger partial charge in [-0.15, -0.1) is 12.4 Å². The molecule has 0 heterocycles. The Kier molecular flexibility index (Phi) is 7.57. The van der Waals surface area contributed by atoms with Gasteiger partial charge in [0.15, 0.2) is 0 Å². The van der Waals surface area contributed by atoms with Crippen molar-refractivity contribution in [3.63, 3.8) is 0 Å². The molecule has 1 aromatic carbocycles. The number of hydrogen-bond donors (Lipinski definition) is 4. The zero-order valence-corrected chi connectivity index (χ0v) is 12.4. The Morgan fingerprint density at radius 2 is 1.90 bits per heavy atom. The number of phenols is 1. The molecule has 0 aliphatic carbocycles. The van der Waals surface area contributed by atoms with E-state index in [1.165, 1.54) is 18.2 Å². The van der Waals surface area contributed by atoms with Gasteiger partial charge in [-0.25, -0.2) is 4.79 Å². The van der Waals surface area contributed by atoms with Gasteiger partial charge in [-0.3, -0.25) is 0 Å². The van der Waals surface area contributed by atoms with Crippen LogP contribution >= 0.6 is 12.4 Å². The van der Waals surface area contributed by atoms with Gasteiger partial charge in [0.2, 0.25) is 0 Å². The van der Waals surface area contributed by atoms with E-state index in [1.54, 1.807) is 0 Å². The predicted molar refractivity (Wildman–Crippen MR) is 79.3 cm³/mol. The van der Waals surface area contributed by atoms with Crippen LogP contribution in [0.1, 0.15) is 48.7 Å². The highest BCUT2D eigenvalue weighted by Gasteiger charge is 2.19. The average Bonchev–Trinajstić information content (AvgIpc) is 2.35. The largest absolute Gasteiger partial charge is 0.507 e. The Labute approximate surface area is 124 Å². The molecule has 5 nitrogen and oxygen atoms in total. The Morgan fingerprint density at radius 1 is 1.30 bits per heavy atom. The summed E-state index contributed by atoms with van der Waals surface area (Å²) in [6.07, 6.45) is 0.675. The quantitative estimate of drug-likeness (QED) is 0.645. The number of aliphatic hydroxyl groups excluding tert-OH is 1. The lowest BCUT2D eigenvalue weighted by atomic mass is 9.95. The minimum absolute atomic E-state index is 0. The molecule has 0 fully saturated rings. The van der Waals surface area contributed by atoms with Gasteiger partial charge in [0, 0.05) is 0 Å². The molecule has 0 saturated heterocycles. The molecule has 114 valence electrons. The van der Waals surface area contributed by atoms with Gasteiger partial charge in [-0.2, -0.15) is 0 Å². The van der Waals surface area contributed by atoms with E-state index >= 15 is 0 Å². The SMILES string of the molecule is CC(C)CC[C@H](O)[C@H](N)c1ccc(O)c(C(=O)O)c1.Cl. The lowest BCUT2D eigenvalue weighted by Gasteiger charge is -2.20. The summed E-state index contributed by atoms with van der Waals surface area (Å²) in [4.78, 5) is 10.9. The molecule has 6 heteroatoms. The van der Waals surface area contributed by atoms with E-state index in [4.69, 9.17) is 10.8 Å². The summed E-state index contributed by atoms with van der Waals surface area (Å²) in [5, 5.41) is 28.3. The molecule has 1 aromatic rings. The number of aromatic hydroxyl groups is 1. The topological polar surface area (TPSA) is 104 Å². The number of nitrogens with two attached hydrogens (primary N) is 1. The van der Waals surface area contributed by atoms with Crippen molar-refractivity contribution in [2.45, 2.75) is 38.8 Å². The third kappa shape index (κ3) is 5.00. The molecule has 0 radical (unpaired) electrons. The molecular weight excluding hydrogens is 282 g/mol. The lowest BCUT2D eigenvalue weighted by molar-refractivity contribution is 0.0693. The van der Waals surface area contributed by atoms with Crippen LogP contribution in [0, 0.1) is 5.92 Å². The minimum atomic E-state index is -1.22. The van der Waals surface area contributed by atoms with Crippen LogP contribution in [0.3, 0.4) is 0 Å². The minimum Gasteiger partial charge on any atom is -0.507 e. The number of benzene rings is 1. The number of aromatic carboxylic acids is 1. The maximum absolute atomic E-state index is 10.9. The molecular formula is C14H22ClNO4. The maximum atomic E-state index is 10.9. The van der Waals surface area contributed by atoms with Gasteiger partial charge < -0.3 is 21.1 Å². The highest BCUT2D eigenvalue weighted by Crippen LogP contribution is 2.25. The summed E-state index contributed by atoms with van der Waals surface area (Å²) >= 11 is 0. The van der Waals surface area contributed by atoms with E-state index in [0.717, 1.165) is 6.42 Å². The molecule has 1 rings (SSSR count). The van der Waals surface area contributed by atoms with Crippen molar-refractivity contribution >= 4 is 18.4 Å². The highest BCUT2D eigenvalue weighted by atomic mass is 35.5. The van der Waals surface area contributed by atoms with Crippen molar-refractivity contribution in [2.75, 3.05) is 0 Å². The van der Waals surface area contributed by atoms with Gasteiger partial charge in [-0.05, 0) is 36.5 Å². The van der Waals surface area contributed by atoms with Crippen molar-refractivity contribution in [3.05, 3.63) is 29.3 Å². The highest BCUT2D eigenvalue weighted by molar-refractivity contribution is 5.90. The van der Waals surface area contributed by atoms with Crippen LogP contribution in [-0.2, 0) is 0 Å². The fourth-order valence-electron chi connectivity index (χ4n) is 1.84. The first-order chi connectivity index (χ1) is 8.82. The Bertz CT molecular complexity index is 451. The average molecular weight is 304 g/mol. The molecule has 0 aliphatic heterocycles. The van der Waals surface area contributed by atoms with E-state index in [1.807, 2.05) is 0 Å². The van der Waals surface area contributed by atoms with Gasteiger partial charge in [0.25, 0.3) is 0 Å². The molecule has 0 spiro atoms. The van der Waals surface area contributed by atoms with E-state index in [0.29, 0.717) is 17.9 Å². The fraction of sp³-hybridized carbons (Fsp3) is 0.500. The summed E-state index contributed by atoms with van der Waals surface area (Å²) in [5.41, 5.74) is 6.22. The van der Waals surface area contributed by atoms with Crippen LogP contribution in [0.15, 0.2) is 18.2 Å². The number of aliphatic hydroxyl groups is 1. The Balaban J connectivity index is 0.00000361. The molecule has 0 aromatic heterocycles. The summed E-state index contributed by atoms with van der Waals surface area (Å²) in [6, 6.07) is 3.47. The fourth-order valence-corrected chi connectivity index (χ4v) is 1.84. The molecule has 0 unspecified atom stereocenters. The van der Waals surface area contributed by atoms with Crippen molar-refractivity contribution in [1.29, 1.82) is 0 Å². The van der Waals surface area contributed by atoms with E-state index in [9.17, 15) is 15.0 Å². The lowest BCUT2D eigenvalue weighted by Crippen LogP contribution is -2.26. The summed E-state index contributed by atoms with van der Waals surface area (Å²) < 4.78 is 0. The van der Waals surface area contributed by atoms with Crippen LogP contribution in [0.2, 0.25) is 0 Å². The van der Waals surface area contributed by atoms with E-state index in [-0.39, 0.29) is 23.7 Å². The predicted octanol–water partition coefficient (Wildman–Crippen LogP) is 2.31. The zero-order chi connectivity index (χ0) is 14.6. The summed E-state index contributed by atoms with van der Waals surface area (Å²) in [7, 11) is 0. The van der Waals surface area contributed by atoms with E-state index in [2.05, 4.69) is 13.8 Å². The standard InChI is InChI=1S/C14H21NO4.ClH/c1-8(2)3-5-12(17)13(15)9-4-6-11(16)10(7-9)14(18)19;/h4,6-8,12-13,16-17H,3,5,15H2,1-2H3,(H,18,19);1H/t12-,13+;/m0./s1. The number of hydrogen-bond acceptors (Lipinski definition) is 4. The normalized spacial score (nSPS) is 13.7. The van der Waals surface area contributed by atoms with Crippen molar-refractivity contribution < 1.29 is 20.1 Å². The zero-order valence-electron chi connectivity index (χ0n) is 11.6. The molecule has 5 N–H and O–H groups in total. The molecule has 0 saturated carbocycles. The first kappa shape index (κ1) is 18.7. The van der Waals surface area contributed by atoms with Gasteiger partial charge >= 0.3 is 5.97 Å². The van der Waals surface area contributed by atoms with Crippen molar-refractivity contribution in [2.24, 2.45) is 11.7 Å². The Hall–Kier alpha value is -1.30. The van der Waals surface area contributed by atoms with Gasteiger partial charge in [-0.1, -0.05) is 19.9 Å². The van der Waals surface area contributed by atoms with Crippen LogP contribution in [0.4, 0.5) is 0 Å². The van der Waals surface area contributed by atoms with Gasteiger partial charge in [0.1, 0.15) is 11.3 Å². The molecule has 0 amide bonds.